The van der Waals surface area contributed by atoms with Gasteiger partial charge in [0, 0.05) is 45.1 Å². The van der Waals surface area contributed by atoms with E-state index in [2.05, 4.69) is 40.3 Å². The van der Waals surface area contributed by atoms with Gasteiger partial charge in [-0.1, -0.05) is 30.3 Å². The smallest absolute Gasteiger partial charge is 0.290 e. The first-order valence-corrected chi connectivity index (χ1v) is 9.83. The van der Waals surface area contributed by atoms with Crippen LogP contribution < -0.4 is 0 Å². The average molecular weight is 384 g/mol. The highest BCUT2D eigenvalue weighted by molar-refractivity contribution is 5.85. The van der Waals surface area contributed by atoms with Crippen LogP contribution in [-0.2, 0) is 21.5 Å². The van der Waals surface area contributed by atoms with E-state index in [0.717, 1.165) is 58.4 Å². The highest BCUT2D eigenvalue weighted by atomic mass is 16.3. The van der Waals surface area contributed by atoms with Crippen LogP contribution in [0.3, 0.4) is 0 Å². The van der Waals surface area contributed by atoms with Gasteiger partial charge in [-0.3, -0.25) is 14.3 Å². The van der Waals surface area contributed by atoms with Crippen molar-refractivity contribution in [1.29, 1.82) is 0 Å². The van der Waals surface area contributed by atoms with Crippen molar-refractivity contribution in [3.63, 3.8) is 0 Å². The van der Waals surface area contributed by atoms with Crippen LogP contribution in [-0.4, -0.2) is 69.8 Å². The summed E-state index contributed by atoms with van der Waals surface area (Å²) in [6.45, 7) is 4.51. The van der Waals surface area contributed by atoms with Gasteiger partial charge >= 0.3 is 0 Å². The van der Waals surface area contributed by atoms with Crippen molar-refractivity contribution in [3.8, 4) is 0 Å². The molecule has 2 aromatic rings. The van der Waals surface area contributed by atoms with Crippen LogP contribution in [0.25, 0.3) is 0 Å². The molecule has 0 unspecified atom stereocenters. The minimum atomic E-state index is -0.479. The Balaban J connectivity index is 0.000000706. The third-order valence-electron chi connectivity index (χ3n) is 5.73. The highest BCUT2D eigenvalue weighted by Gasteiger charge is 2.46. The number of amides is 1. The number of nitrogens with zero attached hydrogens (tertiary/aromatic N) is 4. The monoisotopic (exact) mass is 384 g/mol. The molecule has 0 bridgehead atoms. The molecule has 2 aliphatic heterocycles. The van der Waals surface area contributed by atoms with Crippen LogP contribution in [0.4, 0.5) is 0 Å². The SMILES string of the molecule is O=C(N1CCC1)C1(n2cccn2)CCN(CCc2ccccc2)CC1.O=CO. The van der Waals surface area contributed by atoms with Crippen molar-refractivity contribution in [1.82, 2.24) is 19.6 Å². The molecule has 28 heavy (non-hydrogen) atoms. The predicted octanol–water partition coefficient (Wildman–Crippen LogP) is 1.85. The molecule has 1 aromatic carbocycles. The van der Waals surface area contributed by atoms with Crippen LogP contribution in [0.15, 0.2) is 48.8 Å². The Labute approximate surface area is 165 Å². The van der Waals surface area contributed by atoms with E-state index >= 15 is 0 Å². The molecule has 3 heterocycles. The fourth-order valence-corrected chi connectivity index (χ4v) is 3.96. The lowest BCUT2D eigenvalue weighted by Gasteiger charge is -2.45. The zero-order valence-electron chi connectivity index (χ0n) is 16.1. The predicted molar refractivity (Wildman–Crippen MR) is 106 cm³/mol. The van der Waals surface area contributed by atoms with E-state index in [1.807, 2.05) is 21.8 Å². The van der Waals surface area contributed by atoms with Gasteiger partial charge in [0.1, 0.15) is 5.54 Å². The molecule has 1 N–H and O–H groups in total. The van der Waals surface area contributed by atoms with E-state index in [9.17, 15) is 4.79 Å². The van der Waals surface area contributed by atoms with Gasteiger partial charge in [0.2, 0.25) is 0 Å². The number of benzene rings is 1. The molecule has 7 nitrogen and oxygen atoms in total. The molecular formula is C21H28N4O3. The molecule has 0 radical (unpaired) electrons. The lowest BCUT2D eigenvalue weighted by molar-refractivity contribution is -0.148. The van der Waals surface area contributed by atoms with E-state index in [0.29, 0.717) is 0 Å². The van der Waals surface area contributed by atoms with Crippen LogP contribution in [0.5, 0.6) is 0 Å². The topological polar surface area (TPSA) is 78.7 Å². The number of aromatic nitrogens is 2. The summed E-state index contributed by atoms with van der Waals surface area (Å²) in [5, 5.41) is 11.3. The van der Waals surface area contributed by atoms with Crippen molar-refractivity contribution in [3.05, 3.63) is 54.4 Å². The lowest BCUT2D eigenvalue weighted by Crippen LogP contribution is -2.59. The van der Waals surface area contributed by atoms with Crippen molar-refractivity contribution >= 4 is 12.4 Å². The maximum absolute atomic E-state index is 13.1. The fraction of sp³-hybridized carbons (Fsp3) is 0.476. The van der Waals surface area contributed by atoms with E-state index in [-0.39, 0.29) is 12.4 Å². The molecule has 0 saturated carbocycles. The molecule has 2 saturated heterocycles. The summed E-state index contributed by atoms with van der Waals surface area (Å²) in [5.74, 6) is 0.269. The molecule has 2 aliphatic rings. The van der Waals surface area contributed by atoms with E-state index < -0.39 is 5.54 Å². The first-order valence-electron chi connectivity index (χ1n) is 9.83. The van der Waals surface area contributed by atoms with Gasteiger partial charge in [-0.2, -0.15) is 5.10 Å². The summed E-state index contributed by atoms with van der Waals surface area (Å²) in [7, 11) is 0. The minimum Gasteiger partial charge on any atom is -0.483 e. The molecule has 2 fully saturated rings. The number of likely N-dealkylation sites (tertiary alicyclic amines) is 2. The van der Waals surface area contributed by atoms with Gasteiger partial charge < -0.3 is 14.9 Å². The Morgan fingerprint density at radius 3 is 2.32 bits per heavy atom. The Hall–Kier alpha value is -2.67. The average Bonchev–Trinajstić information content (AvgIpc) is 3.22. The van der Waals surface area contributed by atoms with Crippen molar-refractivity contribution < 1.29 is 14.7 Å². The Morgan fingerprint density at radius 1 is 1.11 bits per heavy atom. The normalized spacial score (nSPS) is 18.5. The number of hydrogen-bond acceptors (Lipinski definition) is 4. The number of piperidine rings is 1. The molecule has 0 atom stereocenters. The summed E-state index contributed by atoms with van der Waals surface area (Å²) < 4.78 is 1.92. The summed E-state index contributed by atoms with van der Waals surface area (Å²) in [6, 6.07) is 12.5. The molecule has 7 heteroatoms. The Bertz CT molecular complexity index is 736. The molecule has 4 rings (SSSR count). The second-order valence-corrected chi connectivity index (χ2v) is 7.31. The second kappa shape index (κ2) is 9.50. The number of carbonyl (C=O) groups is 2. The molecular weight excluding hydrogens is 356 g/mol. The van der Waals surface area contributed by atoms with E-state index in [1.54, 1.807) is 6.20 Å². The second-order valence-electron chi connectivity index (χ2n) is 7.31. The van der Waals surface area contributed by atoms with Gasteiger partial charge in [0.15, 0.2) is 0 Å². The van der Waals surface area contributed by atoms with Gasteiger partial charge in [0.25, 0.3) is 12.4 Å². The van der Waals surface area contributed by atoms with Gasteiger partial charge in [-0.25, -0.2) is 0 Å². The zero-order chi connectivity index (χ0) is 19.8. The van der Waals surface area contributed by atoms with Crippen molar-refractivity contribution in [2.75, 3.05) is 32.7 Å². The summed E-state index contributed by atoms with van der Waals surface area (Å²) in [4.78, 5) is 26.0. The summed E-state index contributed by atoms with van der Waals surface area (Å²) in [5.41, 5.74) is 0.899. The van der Waals surface area contributed by atoms with Gasteiger partial charge in [-0.15, -0.1) is 0 Å². The molecule has 150 valence electrons. The first-order chi connectivity index (χ1) is 13.7. The molecule has 1 amide bonds. The maximum atomic E-state index is 13.1. The quantitative estimate of drug-likeness (QED) is 0.796. The Kier molecular flexibility index (Phi) is 6.81. The highest BCUT2D eigenvalue weighted by Crippen LogP contribution is 2.33. The first kappa shape index (κ1) is 20.1. The van der Waals surface area contributed by atoms with E-state index in [4.69, 9.17) is 9.90 Å². The third kappa shape index (κ3) is 4.42. The van der Waals surface area contributed by atoms with Gasteiger partial charge in [0.05, 0.1) is 0 Å². The van der Waals surface area contributed by atoms with Crippen LogP contribution >= 0.6 is 0 Å². The zero-order valence-corrected chi connectivity index (χ0v) is 16.1. The maximum Gasteiger partial charge on any atom is 0.290 e. The molecule has 0 spiro atoms. The summed E-state index contributed by atoms with van der Waals surface area (Å²) >= 11 is 0. The lowest BCUT2D eigenvalue weighted by atomic mass is 9.85. The van der Waals surface area contributed by atoms with E-state index in [1.165, 1.54) is 5.56 Å². The number of carbonyl (C=O) groups excluding carboxylic acids is 1. The van der Waals surface area contributed by atoms with Crippen molar-refractivity contribution in [2.24, 2.45) is 0 Å². The number of rotatable bonds is 5. The Morgan fingerprint density at radius 2 is 1.79 bits per heavy atom. The standard InChI is InChI=1S/C20H26N4O.CH2O2/c25-19(23-12-5-13-23)20(24-14-4-11-21-24)9-16-22(17-10-20)15-8-18-6-2-1-3-7-18;2-1-3/h1-4,6-7,11,14H,5,8-10,12-13,15-17H2;1H,(H,2,3). The number of carboxylic acid groups (broad SMARTS) is 1. The van der Waals surface area contributed by atoms with Crippen molar-refractivity contribution in [2.45, 2.75) is 31.2 Å². The number of hydrogen-bond donors (Lipinski definition) is 1. The largest absolute Gasteiger partial charge is 0.483 e. The molecule has 1 aromatic heterocycles. The molecule has 0 aliphatic carbocycles. The van der Waals surface area contributed by atoms with Crippen LogP contribution in [0, 0.1) is 0 Å². The van der Waals surface area contributed by atoms with Crippen LogP contribution in [0.1, 0.15) is 24.8 Å². The fourth-order valence-electron chi connectivity index (χ4n) is 3.96. The third-order valence-corrected chi connectivity index (χ3v) is 5.73. The minimum absolute atomic E-state index is 0.250. The van der Waals surface area contributed by atoms with Crippen LogP contribution in [0.2, 0.25) is 0 Å². The summed E-state index contributed by atoms with van der Waals surface area (Å²) in [6.07, 6.45) is 7.63. The van der Waals surface area contributed by atoms with Gasteiger partial charge in [-0.05, 0) is 37.3 Å².